The van der Waals surface area contributed by atoms with Gasteiger partial charge in [-0.25, -0.2) is 4.18 Å². The van der Waals surface area contributed by atoms with Crippen molar-refractivity contribution in [3.8, 4) is 0 Å². The second kappa shape index (κ2) is 6.91. The zero-order chi connectivity index (χ0) is 18.0. The number of rotatable bonds is 6. The maximum absolute atomic E-state index is 13.9. The molecule has 0 spiro atoms. The van der Waals surface area contributed by atoms with Crippen LogP contribution in [-0.4, -0.2) is 19.4 Å². The smallest absolute Gasteiger partial charge is 0.259 e. The molecule has 0 amide bonds. The van der Waals surface area contributed by atoms with Gasteiger partial charge in [0.2, 0.25) is 6.10 Å². The quantitative estimate of drug-likeness (QED) is 0.306. The Bertz CT molecular complexity index is 828. The van der Waals surface area contributed by atoms with Crippen molar-refractivity contribution in [3.05, 3.63) is 74.7 Å². The number of benzene rings is 2. The first-order valence-electron chi connectivity index (χ1n) is 6.40. The fourth-order valence-corrected chi connectivity index (χ4v) is 3.15. The number of nitro groups is 1. The Balaban J connectivity index is 2.45. The predicted octanol–water partition coefficient (Wildman–Crippen LogP) is 3.77. The van der Waals surface area contributed by atoms with Gasteiger partial charge in [-0.3, -0.25) is 10.1 Å². The van der Waals surface area contributed by atoms with Crippen LogP contribution in [0.15, 0.2) is 64.0 Å². The number of hydrogen-bond acceptors (Lipinski definition) is 5. The Labute approximate surface area is 144 Å². The number of hydrogen-bond donors (Lipinski definition) is 0. The molecule has 0 saturated carbocycles. The van der Waals surface area contributed by atoms with E-state index in [1.807, 2.05) is 0 Å². The van der Waals surface area contributed by atoms with Gasteiger partial charge in [-0.05, 0) is 29.8 Å². The van der Waals surface area contributed by atoms with Crippen LogP contribution in [0, 0.1) is 10.1 Å². The van der Waals surface area contributed by atoms with E-state index in [-0.39, 0.29) is 5.56 Å². The van der Waals surface area contributed by atoms with Crippen LogP contribution in [0.5, 0.6) is 0 Å². The topological polar surface area (TPSA) is 86.5 Å². The van der Waals surface area contributed by atoms with Crippen molar-refractivity contribution in [3.63, 3.8) is 0 Å². The molecule has 0 fully saturated rings. The molecule has 10 heteroatoms. The Hall–Kier alpha value is -1.91. The summed E-state index contributed by atoms with van der Waals surface area (Å²) in [5.74, 6) is 0. The first-order valence-corrected chi connectivity index (χ1v) is 8.61. The van der Waals surface area contributed by atoms with Crippen LogP contribution in [-0.2, 0) is 14.3 Å². The lowest BCUT2D eigenvalue weighted by Gasteiger charge is -2.20. The zero-order valence-electron chi connectivity index (χ0n) is 11.8. The van der Waals surface area contributed by atoms with Gasteiger partial charge in [0.25, 0.3) is 10.1 Å². The van der Waals surface area contributed by atoms with E-state index in [0.29, 0.717) is 4.47 Å². The summed E-state index contributed by atoms with van der Waals surface area (Å²) >= 11 is 3.11. The van der Waals surface area contributed by atoms with Gasteiger partial charge in [-0.2, -0.15) is 8.42 Å². The molecule has 0 bridgehead atoms. The predicted molar refractivity (Wildman–Crippen MR) is 83.5 cm³/mol. The van der Waals surface area contributed by atoms with Crippen LogP contribution in [0.4, 0.5) is 8.78 Å². The van der Waals surface area contributed by atoms with Gasteiger partial charge < -0.3 is 0 Å². The van der Waals surface area contributed by atoms with E-state index in [2.05, 4.69) is 20.1 Å². The van der Waals surface area contributed by atoms with E-state index in [1.165, 1.54) is 30.3 Å². The molecule has 1 atom stereocenters. The van der Waals surface area contributed by atoms with Crippen molar-refractivity contribution < 1.29 is 26.3 Å². The van der Waals surface area contributed by atoms with E-state index < -0.39 is 32.1 Å². The standard InChI is InChI=1S/C14H10BrF2NO5S/c15-11-6-8-12(9-7-11)24(21,22)23-13(14(16,17)18(19)20)10-4-2-1-3-5-10/h1-9,13H/t13-/m0/s1. The van der Waals surface area contributed by atoms with Gasteiger partial charge in [-0.15, -0.1) is 8.78 Å². The minimum absolute atomic E-state index is 0.333. The van der Waals surface area contributed by atoms with Gasteiger partial charge in [0.15, 0.2) is 0 Å². The Kier molecular flexibility index (Phi) is 5.31. The summed E-state index contributed by atoms with van der Waals surface area (Å²) in [4.78, 5) is 8.41. The van der Waals surface area contributed by atoms with Gasteiger partial charge in [0.05, 0.1) is 9.82 Å². The highest BCUT2D eigenvalue weighted by atomic mass is 79.9. The molecule has 0 aromatic heterocycles. The molecule has 2 aromatic rings. The molecule has 0 aliphatic heterocycles. The van der Waals surface area contributed by atoms with Crippen LogP contribution in [0.1, 0.15) is 11.7 Å². The molecule has 0 unspecified atom stereocenters. The average molecular weight is 422 g/mol. The second-order valence-corrected chi connectivity index (χ2v) is 7.13. The van der Waals surface area contributed by atoms with Gasteiger partial charge in [0.1, 0.15) is 0 Å². The minimum atomic E-state index is -4.65. The van der Waals surface area contributed by atoms with Crippen molar-refractivity contribution in [2.75, 3.05) is 0 Å². The monoisotopic (exact) mass is 421 g/mol. The van der Waals surface area contributed by atoms with Crippen molar-refractivity contribution in [1.82, 2.24) is 0 Å². The first-order chi connectivity index (χ1) is 11.1. The van der Waals surface area contributed by atoms with Crippen molar-refractivity contribution >= 4 is 26.0 Å². The molecule has 0 aliphatic rings. The second-order valence-electron chi connectivity index (χ2n) is 4.64. The summed E-state index contributed by atoms with van der Waals surface area (Å²) < 4.78 is 57.3. The van der Waals surface area contributed by atoms with Gasteiger partial charge >= 0.3 is 6.05 Å². The molecule has 0 heterocycles. The average Bonchev–Trinajstić information content (AvgIpc) is 2.53. The van der Waals surface area contributed by atoms with E-state index in [0.717, 1.165) is 24.3 Å². The molecule has 0 radical (unpaired) electrons. The summed E-state index contributed by atoms with van der Waals surface area (Å²) in [5, 5.41) is 10.7. The molecule has 0 N–H and O–H groups in total. The lowest BCUT2D eigenvalue weighted by molar-refractivity contribution is -0.657. The lowest BCUT2D eigenvalue weighted by Crippen LogP contribution is -2.37. The third-order valence-electron chi connectivity index (χ3n) is 2.99. The van der Waals surface area contributed by atoms with E-state index in [4.69, 9.17) is 0 Å². The van der Waals surface area contributed by atoms with Gasteiger partial charge in [0, 0.05) is 4.47 Å². The largest absolute Gasteiger partial charge is 0.543 e. The summed E-state index contributed by atoms with van der Waals surface area (Å²) in [6.07, 6.45) is -2.60. The molecule has 2 rings (SSSR count). The first kappa shape index (κ1) is 18.4. The van der Waals surface area contributed by atoms with Crippen LogP contribution in [0.2, 0.25) is 0 Å². The van der Waals surface area contributed by atoms with E-state index >= 15 is 0 Å². The van der Waals surface area contributed by atoms with E-state index in [9.17, 15) is 27.3 Å². The van der Waals surface area contributed by atoms with Gasteiger partial charge in [-0.1, -0.05) is 46.3 Å². The zero-order valence-corrected chi connectivity index (χ0v) is 14.2. The van der Waals surface area contributed by atoms with Crippen molar-refractivity contribution in [2.24, 2.45) is 0 Å². The maximum Gasteiger partial charge on any atom is 0.543 e. The molecule has 128 valence electrons. The van der Waals surface area contributed by atoms with Crippen LogP contribution >= 0.6 is 15.9 Å². The SMILES string of the molecule is O=[N+]([O-])C(F)(F)[C@@H](OS(=O)(=O)c1ccc(Br)cc1)c1ccccc1. The molecule has 24 heavy (non-hydrogen) atoms. The maximum atomic E-state index is 13.9. The molecule has 6 nitrogen and oxygen atoms in total. The number of halogens is 3. The molecule has 2 aromatic carbocycles. The Morgan fingerprint density at radius 1 is 1.08 bits per heavy atom. The van der Waals surface area contributed by atoms with Crippen molar-refractivity contribution in [1.29, 1.82) is 0 Å². The van der Waals surface area contributed by atoms with E-state index in [1.54, 1.807) is 0 Å². The van der Waals surface area contributed by atoms with Crippen molar-refractivity contribution in [2.45, 2.75) is 17.0 Å². The third kappa shape index (κ3) is 3.94. The fourth-order valence-electron chi connectivity index (χ4n) is 1.82. The highest BCUT2D eigenvalue weighted by Gasteiger charge is 2.56. The summed E-state index contributed by atoms with van der Waals surface area (Å²) in [6, 6.07) is 6.80. The molecule has 0 aliphatic carbocycles. The molecular weight excluding hydrogens is 412 g/mol. The fraction of sp³-hybridized carbons (Fsp3) is 0.143. The van der Waals surface area contributed by atoms with Crippen LogP contribution in [0.25, 0.3) is 0 Å². The summed E-state index contributed by atoms with van der Waals surface area (Å²) in [6.45, 7) is 0. The highest BCUT2D eigenvalue weighted by Crippen LogP contribution is 2.37. The third-order valence-corrected chi connectivity index (χ3v) is 4.81. The number of nitrogens with zero attached hydrogens (tertiary/aromatic N) is 1. The molecule has 0 saturated heterocycles. The lowest BCUT2D eigenvalue weighted by atomic mass is 10.1. The Morgan fingerprint density at radius 2 is 1.62 bits per heavy atom. The van der Waals surface area contributed by atoms with Crippen LogP contribution in [0.3, 0.4) is 0 Å². The summed E-state index contributed by atoms with van der Waals surface area (Å²) in [5.41, 5.74) is -0.333. The summed E-state index contributed by atoms with van der Waals surface area (Å²) in [7, 11) is -4.65. The molecular formula is C14H10BrF2NO5S. The van der Waals surface area contributed by atoms with Crippen LogP contribution < -0.4 is 0 Å². The Morgan fingerprint density at radius 3 is 2.12 bits per heavy atom. The minimum Gasteiger partial charge on any atom is -0.259 e. The number of alkyl halides is 2. The highest BCUT2D eigenvalue weighted by molar-refractivity contribution is 9.10. The normalized spacial score (nSPS) is 13.5.